The number of aryl methyl sites for hydroxylation is 1. The van der Waals surface area contributed by atoms with Gasteiger partial charge in [0.25, 0.3) is 0 Å². The number of aliphatic hydroxyl groups is 1. The molecule has 1 heterocycles. The van der Waals surface area contributed by atoms with Crippen molar-refractivity contribution in [1.82, 2.24) is 4.98 Å². The van der Waals surface area contributed by atoms with Gasteiger partial charge < -0.3 is 5.11 Å². The largest absolute Gasteiger partial charge is 0.385 e. The molecule has 1 N–H and O–H groups in total. The highest BCUT2D eigenvalue weighted by Crippen LogP contribution is 2.47. The van der Waals surface area contributed by atoms with Crippen molar-refractivity contribution in [3.63, 3.8) is 0 Å². The van der Waals surface area contributed by atoms with E-state index in [0.29, 0.717) is 5.92 Å². The summed E-state index contributed by atoms with van der Waals surface area (Å²) in [5.41, 5.74) is 1.36. The van der Waals surface area contributed by atoms with E-state index in [9.17, 15) is 5.11 Å². The molecule has 14 heavy (non-hydrogen) atoms. The molecule has 1 saturated carbocycles. The first-order chi connectivity index (χ1) is 6.66. The minimum absolute atomic E-state index is 0.456. The standard InChI is InChI=1S/C12H17NO/c1-3-12(14,10-6-7-10)11-5-4-9(2)13-8-11/h4-5,8,10,14H,3,6-7H2,1-2H3. The van der Waals surface area contributed by atoms with Crippen molar-refractivity contribution in [2.45, 2.75) is 38.7 Å². The van der Waals surface area contributed by atoms with Crippen LogP contribution in [0.1, 0.15) is 37.4 Å². The zero-order valence-electron chi connectivity index (χ0n) is 8.83. The molecule has 76 valence electrons. The maximum Gasteiger partial charge on any atom is 0.0936 e. The number of pyridine rings is 1. The fourth-order valence-corrected chi connectivity index (χ4v) is 2.01. The smallest absolute Gasteiger partial charge is 0.0936 e. The van der Waals surface area contributed by atoms with Gasteiger partial charge in [-0.25, -0.2) is 0 Å². The van der Waals surface area contributed by atoms with Crippen LogP contribution < -0.4 is 0 Å². The number of nitrogens with zero attached hydrogens (tertiary/aromatic N) is 1. The molecular formula is C12H17NO. The molecule has 1 aromatic rings. The Labute approximate surface area is 85.0 Å². The van der Waals surface area contributed by atoms with Gasteiger partial charge in [-0.15, -0.1) is 0 Å². The van der Waals surface area contributed by atoms with Gasteiger partial charge in [-0.2, -0.15) is 0 Å². The van der Waals surface area contributed by atoms with Crippen LogP contribution in [0.15, 0.2) is 18.3 Å². The number of hydrogen-bond acceptors (Lipinski definition) is 2. The lowest BCUT2D eigenvalue weighted by Gasteiger charge is -2.26. The van der Waals surface area contributed by atoms with E-state index in [1.807, 2.05) is 32.2 Å². The Morgan fingerprint density at radius 2 is 2.21 bits per heavy atom. The number of rotatable bonds is 3. The van der Waals surface area contributed by atoms with Gasteiger partial charge in [-0.1, -0.05) is 13.0 Å². The highest BCUT2D eigenvalue weighted by atomic mass is 16.3. The molecule has 0 amide bonds. The second kappa shape index (κ2) is 3.35. The Kier molecular flexibility index (Phi) is 2.31. The Morgan fingerprint density at radius 1 is 1.50 bits per heavy atom. The van der Waals surface area contributed by atoms with Crippen molar-refractivity contribution >= 4 is 0 Å². The molecule has 0 saturated heterocycles. The summed E-state index contributed by atoms with van der Waals surface area (Å²) in [6.45, 7) is 4.00. The molecule has 2 nitrogen and oxygen atoms in total. The highest BCUT2D eigenvalue weighted by molar-refractivity contribution is 5.23. The third-order valence-corrected chi connectivity index (χ3v) is 3.20. The summed E-state index contributed by atoms with van der Waals surface area (Å²) in [4.78, 5) is 4.24. The SMILES string of the molecule is CCC(O)(c1ccc(C)nc1)C1CC1. The van der Waals surface area contributed by atoms with Crippen LogP contribution in [0, 0.1) is 12.8 Å². The molecule has 2 heteroatoms. The maximum atomic E-state index is 10.5. The van der Waals surface area contributed by atoms with E-state index in [0.717, 1.165) is 30.5 Å². The Balaban J connectivity index is 2.31. The van der Waals surface area contributed by atoms with Crippen LogP contribution in [0.5, 0.6) is 0 Å². The molecule has 1 aliphatic rings. The lowest BCUT2D eigenvalue weighted by molar-refractivity contribution is 0.00857. The van der Waals surface area contributed by atoms with Gasteiger partial charge in [-0.05, 0) is 38.2 Å². The zero-order chi connectivity index (χ0) is 10.2. The lowest BCUT2D eigenvalue weighted by atomic mass is 9.87. The molecule has 0 aromatic carbocycles. The van der Waals surface area contributed by atoms with Crippen molar-refractivity contribution < 1.29 is 5.11 Å². The monoisotopic (exact) mass is 191 g/mol. The van der Waals surface area contributed by atoms with Crippen molar-refractivity contribution in [3.8, 4) is 0 Å². The third kappa shape index (κ3) is 1.55. The second-order valence-electron chi connectivity index (χ2n) is 4.24. The van der Waals surface area contributed by atoms with Gasteiger partial charge >= 0.3 is 0 Å². The van der Waals surface area contributed by atoms with Crippen molar-refractivity contribution in [2.75, 3.05) is 0 Å². The molecule has 0 aliphatic heterocycles. The van der Waals surface area contributed by atoms with E-state index in [1.165, 1.54) is 0 Å². The predicted octanol–water partition coefficient (Wildman–Crippen LogP) is 2.40. The van der Waals surface area contributed by atoms with E-state index >= 15 is 0 Å². The lowest BCUT2D eigenvalue weighted by Crippen LogP contribution is -2.27. The topological polar surface area (TPSA) is 33.1 Å². The highest BCUT2D eigenvalue weighted by Gasteiger charge is 2.43. The van der Waals surface area contributed by atoms with Gasteiger partial charge in [0, 0.05) is 17.5 Å². The third-order valence-electron chi connectivity index (χ3n) is 3.20. The van der Waals surface area contributed by atoms with Crippen LogP contribution in [0.25, 0.3) is 0 Å². The average Bonchev–Trinajstić information content (AvgIpc) is 3.01. The van der Waals surface area contributed by atoms with E-state index in [-0.39, 0.29) is 0 Å². The quantitative estimate of drug-likeness (QED) is 0.795. The second-order valence-corrected chi connectivity index (χ2v) is 4.24. The summed E-state index contributed by atoms with van der Waals surface area (Å²) in [6.07, 6.45) is 4.90. The number of hydrogen-bond donors (Lipinski definition) is 1. The van der Waals surface area contributed by atoms with Gasteiger partial charge in [0.2, 0.25) is 0 Å². The summed E-state index contributed by atoms with van der Waals surface area (Å²) >= 11 is 0. The fraction of sp³-hybridized carbons (Fsp3) is 0.583. The van der Waals surface area contributed by atoms with Crippen LogP contribution in [0.2, 0.25) is 0 Å². The van der Waals surface area contributed by atoms with Crippen molar-refractivity contribution in [3.05, 3.63) is 29.6 Å². The normalized spacial score (nSPS) is 20.5. The molecule has 0 radical (unpaired) electrons. The Morgan fingerprint density at radius 3 is 2.64 bits per heavy atom. The summed E-state index contributed by atoms with van der Waals surface area (Å²) < 4.78 is 0. The molecule has 2 rings (SSSR count). The predicted molar refractivity (Wildman–Crippen MR) is 55.9 cm³/mol. The Bertz CT molecular complexity index is 316. The van der Waals surface area contributed by atoms with Gasteiger partial charge in [-0.3, -0.25) is 4.98 Å². The first kappa shape index (κ1) is 9.66. The zero-order valence-corrected chi connectivity index (χ0v) is 8.83. The molecule has 0 bridgehead atoms. The van der Waals surface area contributed by atoms with E-state index in [4.69, 9.17) is 0 Å². The molecule has 1 unspecified atom stereocenters. The molecule has 1 atom stereocenters. The fourth-order valence-electron chi connectivity index (χ4n) is 2.01. The summed E-state index contributed by atoms with van der Waals surface area (Å²) in [6, 6.07) is 3.97. The minimum Gasteiger partial charge on any atom is -0.385 e. The molecule has 1 aromatic heterocycles. The van der Waals surface area contributed by atoms with Crippen LogP contribution in [0.4, 0.5) is 0 Å². The summed E-state index contributed by atoms with van der Waals surface area (Å²) in [5, 5.41) is 10.5. The van der Waals surface area contributed by atoms with Crippen LogP contribution in [-0.2, 0) is 5.60 Å². The summed E-state index contributed by atoms with van der Waals surface area (Å²) in [5.74, 6) is 0.456. The number of aromatic nitrogens is 1. The van der Waals surface area contributed by atoms with Crippen molar-refractivity contribution in [1.29, 1.82) is 0 Å². The summed E-state index contributed by atoms with van der Waals surface area (Å²) in [7, 11) is 0. The van der Waals surface area contributed by atoms with Crippen LogP contribution in [0.3, 0.4) is 0 Å². The molecular weight excluding hydrogens is 174 g/mol. The Hall–Kier alpha value is -0.890. The minimum atomic E-state index is -0.624. The molecule has 1 fully saturated rings. The molecule has 0 spiro atoms. The van der Waals surface area contributed by atoms with Crippen molar-refractivity contribution in [2.24, 2.45) is 5.92 Å². The van der Waals surface area contributed by atoms with Gasteiger partial charge in [0.05, 0.1) is 5.60 Å². The van der Waals surface area contributed by atoms with Crippen LogP contribution >= 0.6 is 0 Å². The first-order valence-corrected chi connectivity index (χ1v) is 5.32. The molecule has 1 aliphatic carbocycles. The van der Waals surface area contributed by atoms with Gasteiger partial charge in [0.1, 0.15) is 0 Å². The van der Waals surface area contributed by atoms with E-state index < -0.39 is 5.60 Å². The average molecular weight is 191 g/mol. The van der Waals surface area contributed by atoms with E-state index in [1.54, 1.807) is 0 Å². The first-order valence-electron chi connectivity index (χ1n) is 5.32. The van der Waals surface area contributed by atoms with E-state index in [2.05, 4.69) is 4.98 Å². The maximum absolute atomic E-state index is 10.5. The van der Waals surface area contributed by atoms with Crippen LogP contribution in [-0.4, -0.2) is 10.1 Å². The van der Waals surface area contributed by atoms with Gasteiger partial charge in [0.15, 0.2) is 0 Å².